The summed E-state index contributed by atoms with van der Waals surface area (Å²) in [5.41, 5.74) is 0.694. The average Bonchev–Trinajstić information content (AvgIpc) is 2.72. The zero-order valence-corrected chi connectivity index (χ0v) is 17.3. The van der Waals surface area contributed by atoms with Crippen LogP contribution in [0.5, 0.6) is 0 Å². The lowest BCUT2D eigenvalue weighted by molar-refractivity contribution is -0.139. The van der Waals surface area contributed by atoms with Gasteiger partial charge in [-0.05, 0) is 49.9 Å². The monoisotopic (exact) mass is 430 g/mol. The highest BCUT2D eigenvalue weighted by molar-refractivity contribution is 9.10. The molecule has 3 rings (SSSR count). The number of amides is 2. The molecule has 2 aliphatic rings. The van der Waals surface area contributed by atoms with E-state index in [1.165, 1.54) is 19.3 Å². The van der Waals surface area contributed by atoms with Crippen LogP contribution in [0.4, 0.5) is 0 Å². The maximum absolute atomic E-state index is 13.1. The molecule has 0 atom stereocenters. The molecule has 0 aromatic heterocycles. The van der Waals surface area contributed by atoms with E-state index in [4.69, 9.17) is 6.42 Å². The van der Waals surface area contributed by atoms with Crippen molar-refractivity contribution in [3.63, 3.8) is 0 Å². The summed E-state index contributed by atoms with van der Waals surface area (Å²) in [5.74, 6) is 2.89. The van der Waals surface area contributed by atoms with Gasteiger partial charge in [0, 0.05) is 35.1 Å². The second-order valence-electron chi connectivity index (χ2n) is 7.54. The fourth-order valence-electron chi connectivity index (χ4n) is 4.22. The number of benzene rings is 1. The van der Waals surface area contributed by atoms with Gasteiger partial charge >= 0.3 is 0 Å². The van der Waals surface area contributed by atoms with Gasteiger partial charge in [-0.3, -0.25) is 9.59 Å². The normalized spacial score (nSPS) is 18.7. The fraction of sp³-hybridized carbons (Fsp3) is 0.545. The van der Waals surface area contributed by atoms with Crippen LogP contribution in [0.25, 0.3) is 0 Å². The molecule has 5 heteroatoms. The Morgan fingerprint density at radius 1 is 1.07 bits per heavy atom. The van der Waals surface area contributed by atoms with Crippen LogP contribution in [0.1, 0.15) is 55.3 Å². The number of halogens is 1. The molecule has 0 spiro atoms. The van der Waals surface area contributed by atoms with Gasteiger partial charge in [0.2, 0.25) is 5.91 Å². The number of nitrogens with zero attached hydrogens (tertiary/aromatic N) is 2. The third-order valence-corrected chi connectivity index (χ3v) is 6.31. The quantitative estimate of drug-likeness (QED) is 0.674. The molecule has 2 fully saturated rings. The molecule has 1 aromatic rings. The molecule has 1 heterocycles. The first kappa shape index (κ1) is 19.9. The Balaban J connectivity index is 1.58. The van der Waals surface area contributed by atoms with Crippen LogP contribution in [-0.2, 0) is 4.79 Å². The zero-order valence-electron chi connectivity index (χ0n) is 15.7. The summed E-state index contributed by atoms with van der Waals surface area (Å²) in [6.07, 6.45) is 12.7. The third-order valence-electron chi connectivity index (χ3n) is 5.78. The van der Waals surface area contributed by atoms with Gasteiger partial charge in [0.15, 0.2) is 0 Å². The standard InChI is InChI=1S/C22H27BrN2O2/c1-2-14-25(20-6-4-3-5-7-20)22(27)18-12-15-24(16-13-18)21(26)17-8-10-19(23)11-9-17/h1,8-11,18,20H,3-7,12-16H2. The van der Waals surface area contributed by atoms with Crippen LogP contribution in [0.15, 0.2) is 28.7 Å². The topological polar surface area (TPSA) is 40.6 Å². The second kappa shape index (κ2) is 9.41. The largest absolute Gasteiger partial charge is 0.339 e. The first-order chi connectivity index (χ1) is 13.1. The van der Waals surface area contributed by atoms with Gasteiger partial charge < -0.3 is 9.80 Å². The molecule has 0 N–H and O–H groups in total. The van der Waals surface area contributed by atoms with Crippen molar-refractivity contribution < 1.29 is 9.59 Å². The molecule has 1 saturated carbocycles. The maximum atomic E-state index is 13.1. The highest BCUT2D eigenvalue weighted by Crippen LogP contribution is 2.27. The van der Waals surface area contributed by atoms with Crippen LogP contribution in [0.2, 0.25) is 0 Å². The molecule has 0 radical (unpaired) electrons. The molecule has 1 aliphatic carbocycles. The van der Waals surface area contributed by atoms with Crippen molar-refractivity contribution in [1.82, 2.24) is 9.80 Å². The molecular formula is C22H27BrN2O2. The number of terminal acetylenes is 1. The summed E-state index contributed by atoms with van der Waals surface area (Å²) in [6, 6.07) is 7.73. The lowest BCUT2D eigenvalue weighted by atomic mass is 9.90. The van der Waals surface area contributed by atoms with Crippen molar-refractivity contribution in [2.24, 2.45) is 5.92 Å². The van der Waals surface area contributed by atoms with Gasteiger partial charge in [-0.25, -0.2) is 0 Å². The van der Waals surface area contributed by atoms with Crippen molar-refractivity contribution in [3.8, 4) is 12.3 Å². The van der Waals surface area contributed by atoms with Gasteiger partial charge in [0.25, 0.3) is 5.91 Å². The summed E-state index contributed by atoms with van der Waals surface area (Å²) < 4.78 is 0.958. The molecule has 0 bridgehead atoms. The number of rotatable bonds is 4. The van der Waals surface area contributed by atoms with Crippen molar-refractivity contribution in [2.75, 3.05) is 19.6 Å². The number of carbonyl (C=O) groups excluding carboxylic acids is 2. The van der Waals surface area contributed by atoms with E-state index in [0.717, 1.165) is 30.2 Å². The van der Waals surface area contributed by atoms with E-state index >= 15 is 0 Å². The summed E-state index contributed by atoms with van der Waals surface area (Å²) in [7, 11) is 0. The molecule has 1 aromatic carbocycles. The molecule has 2 amide bonds. The van der Waals surface area contributed by atoms with E-state index in [1.54, 1.807) is 0 Å². The maximum Gasteiger partial charge on any atom is 0.253 e. The Morgan fingerprint density at radius 2 is 1.70 bits per heavy atom. The Bertz CT molecular complexity index is 696. The summed E-state index contributed by atoms with van der Waals surface area (Å²) in [4.78, 5) is 29.6. The van der Waals surface area contributed by atoms with Crippen LogP contribution in [-0.4, -0.2) is 47.3 Å². The molecule has 1 saturated heterocycles. The zero-order chi connectivity index (χ0) is 19.2. The van der Waals surface area contributed by atoms with Crippen molar-refractivity contribution in [2.45, 2.75) is 51.0 Å². The van der Waals surface area contributed by atoms with E-state index in [2.05, 4.69) is 21.9 Å². The molecule has 4 nitrogen and oxygen atoms in total. The highest BCUT2D eigenvalue weighted by atomic mass is 79.9. The van der Waals surface area contributed by atoms with Gasteiger partial charge in [0.1, 0.15) is 0 Å². The van der Waals surface area contributed by atoms with Crippen LogP contribution in [0.3, 0.4) is 0 Å². The molecular weight excluding hydrogens is 404 g/mol. The van der Waals surface area contributed by atoms with Crippen molar-refractivity contribution in [3.05, 3.63) is 34.3 Å². The molecule has 0 unspecified atom stereocenters. The number of hydrogen-bond donors (Lipinski definition) is 0. The predicted molar refractivity (Wildman–Crippen MR) is 110 cm³/mol. The number of carbonyl (C=O) groups is 2. The Kier molecular flexibility index (Phi) is 6.95. The minimum Gasteiger partial charge on any atom is -0.339 e. The Hall–Kier alpha value is -1.80. The predicted octanol–water partition coefficient (Wildman–Crippen LogP) is 4.10. The first-order valence-electron chi connectivity index (χ1n) is 9.89. The lowest BCUT2D eigenvalue weighted by Crippen LogP contribution is -2.48. The van der Waals surface area contributed by atoms with E-state index in [0.29, 0.717) is 31.2 Å². The highest BCUT2D eigenvalue weighted by Gasteiger charge is 2.33. The summed E-state index contributed by atoms with van der Waals surface area (Å²) in [5, 5.41) is 0. The van der Waals surface area contributed by atoms with E-state index in [9.17, 15) is 9.59 Å². The number of hydrogen-bond acceptors (Lipinski definition) is 2. The lowest BCUT2D eigenvalue weighted by Gasteiger charge is -2.38. The summed E-state index contributed by atoms with van der Waals surface area (Å²) in [6.45, 7) is 1.65. The van der Waals surface area contributed by atoms with Gasteiger partial charge in [-0.2, -0.15) is 0 Å². The minimum absolute atomic E-state index is 0.0192. The SMILES string of the molecule is C#CCN(C(=O)C1CCN(C(=O)c2ccc(Br)cc2)CC1)C1CCCCC1. The van der Waals surface area contributed by atoms with E-state index in [-0.39, 0.29) is 17.7 Å². The number of likely N-dealkylation sites (tertiary alicyclic amines) is 1. The third kappa shape index (κ3) is 4.93. The van der Waals surface area contributed by atoms with E-state index < -0.39 is 0 Å². The molecule has 27 heavy (non-hydrogen) atoms. The fourth-order valence-corrected chi connectivity index (χ4v) is 4.48. The van der Waals surface area contributed by atoms with Gasteiger partial charge in [0.05, 0.1) is 6.54 Å². The van der Waals surface area contributed by atoms with Crippen molar-refractivity contribution in [1.29, 1.82) is 0 Å². The Labute approximate surface area is 170 Å². The smallest absolute Gasteiger partial charge is 0.253 e. The second-order valence-corrected chi connectivity index (χ2v) is 8.45. The average molecular weight is 431 g/mol. The van der Waals surface area contributed by atoms with E-state index in [1.807, 2.05) is 34.1 Å². The molecule has 1 aliphatic heterocycles. The Morgan fingerprint density at radius 3 is 2.30 bits per heavy atom. The van der Waals surface area contributed by atoms with Crippen LogP contribution < -0.4 is 0 Å². The van der Waals surface area contributed by atoms with Crippen LogP contribution >= 0.6 is 15.9 Å². The van der Waals surface area contributed by atoms with Gasteiger partial charge in [-0.1, -0.05) is 41.1 Å². The summed E-state index contributed by atoms with van der Waals surface area (Å²) >= 11 is 3.39. The van der Waals surface area contributed by atoms with Crippen molar-refractivity contribution >= 4 is 27.7 Å². The first-order valence-corrected chi connectivity index (χ1v) is 10.7. The molecule has 144 valence electrons. The van der Waals surface area contributed by atoms with Crippen LogP contribution in [0, 0.1) is 18.3 Å². The minimum atomic E-state index is -0.0192. The van der Waals surface area contributed by atoms with Gasteiger partial charge in [-0.15, -0.1) is 6.42 Å². The number of piperidine rings is 1.